The van der Waals surface area contributed by atoms with E-state index in [9.17, 15) is 4.79 Å². The van der Waals surface area contributed by atoms with Crippen molar-refractivity contribution in [3.8, 4) is 11.1 Å². The summed E-state index contributed by atoms with van der Waals surface area (Å²) in [5.41, 5.74) is 4.78. The number of hydrogen-bond acceptors (Lipinski definition) is 1. The van der Waals surface area contributed by atoms with Crippen LogP contribution in [0.1, 0.15) is 11.1 Å². The predicted molar refractivity (Wildman–Crippen MR) is 99.3 cm³/mol. The Hall–Kier alpha value is -2.93. The quantitative estimate of drug-likeness (QED) is 0.429. The molecule has 1 aliphatic rings. The molecule has 0 spiro atoms. The molecule has 0 saturated heterocycles. The SMILES string of the molecule is O=C1Cc2ccc3ccccc3c2-c2c(ccc3ccccc23)C1. The van der Waals surface area contributed by atoms with Gasteiger partial charge in [0.1, 0.15) is 5.78 Å². The highest BCUT2D eigenvalue weighted by atomic mass is 16.1. The predicted octanol–water partition coefficient (Wildman–Crippen LogP) is 5.33. The summed E-state index contributed by atoms with van der Waals surface area (Å²) in [6, 6.07) is 25.5. The average Bonchev–Trinajstić information content (AvgIpc) is 2.77. The van der Waals surface area contributed by atoms with Crippen molar-refractivity contribution in [3.63, 3.8) is 0 Å². The molecule has 0 aromatic heterocycles. The molecule has 24 heavy (non-hydrogen) atoms. The van der Waals surface area contributed by atoms with Gasteiger partial charge in [0.25, 0.3) is 0 Å². The van der Waals surface area contributed by atoms with E-state index in [0.717, 1.165) is 11.1 Å². The number of fused-ring (bicyclic) bond motifs is 7. The molecule has 1 nitrogen and oxygen atoms in total. The summed E-state index contributed by atoms with van der Waals surface area (Å²) in [5.74, 6) is 0.292. The molecule has 0 heterocycles. The Balaban J connectivity index is 2.02. The van der Waals surface area contributed by atoms with Crippen LogP contribution in [0.2, 0.25) is 0 Å². The molecule has 5 rings (SSSR count). The van der Waals surface area contributed by atoms with E-state index in [2.05, 4.69) is 72.8 Å². The fraction of sp³-hybridized carbons (Fsp3) is 0.0870. The van der Waals surface area contributed by atoms with Crippen molar-refractivity contribution in [1.82, 2.24) is 0 Å². The van der Waals surface area contributed by atoms with Gasteiger partial charge in [-0.15, -0.1) is 0 Å². The smallest absolute Gasteiger partial charge is 0.141 e. The van der Waals surface area contributed by atoms with Crippen LogP contribution in [0.25, 0.3) is 32.7 Å². The van der Waals surface area contributed by atoms with E-state index >= 15 is 0 Å². The highest BCUT2D eigenvalue weighted by Crippen LogP contribution is 2.41. The van der Waals surface area contributed by atoms with Crippen LogP contribution in [0.3, 0.4) is 0 Å². The number of carbonyl (C=O) groups excluding carboxylic acids is 1. The molecular weight excluding hydrogens is 292 g/mol. The standard InChI is InChI=1S/C23H16O/c24-19-13-17-11-9-15-5-1-3-7-20(15)22(17)23-18(14-19)12-10-16-6-2-4-8-21(16)23/h1-12H,13-14H2. The number of rotatable bonds is 0. The Kier molecular flexibility index (Phi) is 2.83. The number of carbonyl (C=O) groups is 1. The first-order valence-electron chi connectivity index (χ1n) is 8.34. The Bertz CT molecular complexity index is 1030. The molecular formula is C23H16O. The topological polar surface area (TPSA) is 17.1 Å². The third kappa shape index (κ3) is 1.91. The zero-order valence-electron chi connectivity index (χ0n) is 13.3. The van der Waals surface area contributed by atoms with Crippen LogP contribution in [-0.2, 0) is 17.6 Å². The summed E-state index contributed by atoms with van der Waals surface area (Å²) in [6.45, 7) is 0. The molecule has 114 valence electrons. The molecule has 0 bridgehead atoms. The van der Waals surface area contributed by atoms with Crippen LogP contribution in [0, 0.1) is 0 Å². The third-order valence-corrected chi connectivity index (χ3v) is 5.06. The molecule has 4 aromatic carbocycles. The first-order chi connectivity index (χ1) is 11.8. The largest absolute Gasteiger partial charge is 0.299 e. The highest BCUT2D eigenvalue weighted by Gasteiger charge is 2.22. The lowest BCUT2D eigenvalue weighted by atomic mass is 9.88. The van der Waals surface area contributed by atoms with Gasteiger partial charge in [-0.2, -0.15) is 0 Å². The second-order valence-corrected chi connectivity index (χ2v) is 6.53. The van der Waals surface area contributed by atoms with Crippen LogP contribution in [0.5, 0.6) is 0 Å². The molecule has 0 radical (unpaired) electrons. The van der Waals surface area contributed by atoms with Gasteiger partial charge in [0.2, 0.25) is 0 Å². The zero-order chi connectivity index (χ0) is 16.1. The van der Waals surface area contributed by atoms with Gasteiger partial charge in [-0.3, -0.25) is 4.79 Å². The van der Waals surface area contributed by atoms with Crippen molar-refractivity contribution in [3.05, 3.63) is 83.9 Å². The van der Waals surface area contributed by atoms with E-state index in [1.165, 1.54) is 32.7 Å². The first kappa shape index (κ1) is 13.5. The second-order valence-electron chi connectivity index (χ2n) is 6.53. The molecule has 0 atom stereocenters. The lowest BCUT2D eigenvalue weighted by Gasteiger charge is -2.15. The molecule has 1 aliphatic carbocycles. The van der Waals surface area contributed by atoms with Crippen LogP contribution in [-0.4, -0.2) is 5.78 Å². The van der Waals surface area contributed by atoms with E-state index in [1.807, 2.05) is 0 Å². The second kappa shape index (κ2) is 5.04. The maximum Gasteiger partial charge on any atom is 0.141 e. The minimum Gasteiger partial charge on any atom is -0.299 e. The zero-order valence-corrected chi connectivity index (χ0v) is 13.3. The summed E-state index contributed by atoms with van der Waals surface area (Å²) in [6.07, 6.45) is 1.03. The summed E-state index contributed by atoms with van der Waals surface area (Å²) in [7, 11) is 0. The van der Waals surface area contributed by atoms with E-state index in [-0.39, 0.29) is 0 Å². The van der Waals surface area contributed by atoms with E-state index in [1.54, 1.807) is 0 Å². The summed E-state index contributed by atoms with van der Waals surface area (Å²) in [5, 5.41) is 4.93. The van der Waals surface area contributed by atoms with Crippen molar-refractivity contribution in [2.45, 2.75) is 12.8 Å². The van der Waals surface area contributed by atoms with Gasteiger partial charge in [0.15, 0.2) is 0 Å². The molecule has 0 N–H and O–H groups in total. The van der Waals surface area contributed by atoms with Crippen molar-refractivity contribution in [2.75, 3.05) is 0 Å². The summed E-state index contributed by atoms with van der Waals surface area (Å²) in [4.78, 5) is 12.5. The maximum absolute atomic E-state index is 12.5. The molecule has 1 heteroatoms. The normalized spacial score (nSPS) is 13.6. The van der Waals surface area contributed by atoms with Gasteiger partial charge in [-0.25, -0.2) is 0 Å². The number of Topliss-reactive ketones (excluding diaryl/α,β-unsaturated/α-hetero) is 1. The van der Waals surface area contributed by atoms with Crippen molar-refractivity contribution >= 4 is 27.3 Å². The lowest BCUT2D eigenvalue weighted by Crippen LogP contribution is -2.03. The molecule has 0 amide bonds. The van der Waals surface area contributed by atoms with Crippen LogP contribution >= 0.6 is 0 Å². The monoisotopic (exact) mass is 308 g/mol. The molecule has 0 aliphatic heterocycles. The summed E-state index contributed by atoms with van der Waals surface area (Å²) >= 11 is 0. The number of benzene rings is 4. The Labute approximate surface area is 140 Å². The van der Waals surface area contributed by atoms with Gasteiger partial charge in [0, 0.05) is 12.8 Å². The lowest BCUT2D eigenvalue weighted by molar-refractivity contribution is -0.117. The number of hydrogen-bond donors (Lipinski definition) is 0. The Morgan fingerprint density at radius 1 is 0.542 bits per heavy atom. The van der Waals surface area contributed by atoms with Crippen molar-refractivity contribution in [1.29, 1.82) is 0 Å². The fourth-order valence-electron chi connectivity index (χ4n) is 4.01. The van der Waals surface area contributed by atoms with Crippen LogP contribution in [0.4, 0.5) is 0 Å². The number of ketones is 1. The van der Waals surface area contributed by atoms with Gasteiger partial charge >= 0.3 is 0 Å². The van der Waals surface area contributed by atoms with Crippen molar-refractivity contribution in [2.24, 2.45) is 0 Å². The van der Waals surface area contributed by atoms with E-state index in [0.29, 0.717) is 18.6 Å². The summed E-state index contributed by atoms with van der Waals surface area (Å²) < 4.78 is 0. The van der Waals surface area contributed by atoms with Crippen LogP contribution in [0.15, 0.2) is 72.8 Å². The molecule has 4 aromatic rings. The van der Waals surface area contributed by atoms with Crippen molar-refractivity contribution < 1.29 is 4.79 Å². The Morgan fingerprint density at radius 2 is 1.00 bits per heavy atom. The highest BCUT2D eigenvalue weighted by molar-refractivity contribution is 6.10. The van der Waals surface area contributed by atoms with E-state index < -0.39 is 0 Å². The van der Waals surface area contributed by atoms with Gasteiger partial charge < -0.3 is 0 Å². The molecule has 0 saturated carbocycles. The third-order valence-electron chi connectivity index (χ3n) is 5.06. The minimum absolute atomic E-state index is 0.292. The fourth-order valence-corrected chi connectivity index (χ4v) is 4.01. The maximum atomic E-state index is 12.5. The average molecular weight is 308 g/mol. The van der Waals surface area contributed by atoms with Crippen LogP contribution < -0.4 is 0 Å². The van der Waals surface area contributed by atoms with Gasteiger partial charge in [-0.05, 0) is 43.8 Å². The van der Waals surface area contributed by atoms with Gasteiger partial charge in [0.05, 0.1) is 0 Å². The Morgan fingerprint density at radius 3 is 1.50 bits per heavy atom. The first-order valence-corrected chi connectivity index (χ1v) is 8.34. The molecule has 0 fully saturated rings. The molecule has 0 unspecified atom stereocenters. The minimum atomic E-state index is 0.292. The van der Waals surface area contributed by atoms with E-state index in [4.69, 9.17) is 0 Å². The van der Waals surface area contributed by atoms with Gasteiger partial charge in [-0.1, -0.05) is 72.8 Å².